The molecule has 0 radical (unpaired) electrons. The lowest BCUT2D eigenvalue weighted by atomic mass is 10.1. The van der Waals surface area contributed by atoms with Gasteiger partial charge in [-0.3, -0.25) is 4.90 Å². The van der Waals surface area contributed by atoms with Crippen molar-refractivity contribution >= 4 is 0 Å². The number of aliphatic hydroxyl groups is 1. The molecule has 1 unspecified atom stereocenters. The standard InChI is InChI=1S/C12H17NO2/c14-8-12-7-13(10-15-9-12)6-11-4-2-1-3-5-11/h1-5,12,14H,6-10H2. The van der Waals surface area contributed by atoms with Crippen molar-refractivity contribution in [1.82, 2.24) is 4.90 Å². The van der Waals surface area contributed by atoms with Gasteiger partial charge < -0.3 is 9.84 Å². The first-order valence-corrected chi connectivity index (χ1v) is 5.33. The quantitative estimate of drug-likeness (QED) is 0.805. The van der Waals surface area contributed by atoms with Gasteiger partial charge in [0.2, 0.25) is 0 Å². The fourth-order valence-electron chi connectivity index (χ4n) is 1.88. The van der Waals surface area contributed by atoms with E-state index >= 15 is 0 Å². The maximum absolute atomic E-state index is 9.07. The summed E-state index contributed by atoms with van der Waals surface area (Å²) in [6.07, 6.45) is 0. The highest BCUT2D eigenvalue weighted by Gasteiger charge is 2.19. The minimum atomic E-state index is 0.214. The molecule has 0 bridgehead atoms. The first-order chi connectivity index (χ1) is 7.38. The predicted octanol–water partition coefficient (Wildman–Crippen LogP) is 1.08. The molecule has 0 amide bonds. The van der Waals surface area contributed by atoms with Crippen LogP contribution in [-0.4, -0.2) is 36.5 Å². The van der Waals surface area contributed by atoms with Crippen LogP contribution >= 0.6 is 0 Å². The summed E-state index contributed by atoms with van der Waals surface area (Å²) in [6, 6.07) is 10.3. The first kappa shape index (κ1) is 10.6. The molecule has 1 aromatic carbocycles. The maximum atomic E-state index is 9.07. The van der Waals surface area contributed by atoms with Gasteiger partial charge in [0, 0.05) is 25.6 Å². The highest BCUT2D eigenvalue weighted by atomic mass is 16.5. The van der Waals surface area contributed by atoms with Gasteiger partial charge in [-0.25, -0.2) is 0 Å². The van der Waals surface area contributed by atoms with Crippen LogP contribution < -0.4 is 0 Å². The molecule has 82 valence electrons. The topological polar surface area (TPSA) is 32.7 Å². The minimum absolute atomic E-state index is 0.214. The van der Waals surface area contributed by atoms with E-state index < -0.39 is 0 Å². The first-order valence-electron chi connectivity index (χ1n) is 5.33. The van der Waals surface area contributed by atoms with Crippen molar-refractivity contribution in [3.8, 4) is 0 Å². The van der Waals surface area contributed by atoms with E-state index in [2.05, 4.69) is 17.0 Å². The zero-order valence-corrected chi connectivity index (χ0v) is 8.80. The second-order valence-corrected chi connectivity index (χ2v) is 4.05. The van der Waals surface area contributed by atoms with Crippen LogP contribution in [0.1, 0.15) is 5.56 Å². The van der Waals surface area contributed by atoms with E-state index in [-0.39, 0.29) is 12.5 Å². The lowest BCUT2D eigenvalue weighted by molar-refractivity contribution is -0.0621. The van der Waals surface area contributed by atoms with Gasteiger partial charge in [0.1, 0.15) is 0 Å². The number of ether oxygens (including phenoxy) is 1. The summed E-state index contributed by atoms with van der Waals surface area (Å²) in [5, 5.41) is 9.07. The van der Waals surface area contributed by atoms with Crippen molar-refractivity contribution in [2.45, 2.75) is 6.54 Å². The van der Waals surface area contributed by atoms with E-state index in [9.17, 15) is 0 Å². The molecular formula is C12H17NO2. The number of nitrogens with zero attached hydrogens (tertiary/aromatic N) is 1. The second kappa shape index (κ2) is 5.26. The molecule has 0 saturated carbocycles. The Balaban J connectivity index is 1.89. The minimum Gasteiger partial charge on any atom is -0.396 e. The van der Waals surface area contributed by atoms with Crippen LogP contribution in [0, 0.1) is 5.92 Å². The molecule has 1 fully saturated rings. The van der Waals surface area contributed by atoms with E-state index in [1.807, 2.05) is 18.2 Å². The highest BCUT2D eigenvalue weighted by Crippen LogP contribution is 2.12. The predicted molar refractivity (Wildman–Crippen MR) is 58.2 cm³/mol. The van der Waals surface area contributed by atoms with Gasteiger partial charge >= 0.3 is 0 Å². The smallest absolute Gasteiger partial charge is 0.0993 e. The van der Waals surface area contributed by atoms with Gasteiger partial charge in [0.05, 0.1) is 13.3 Å². The normalized spacial score (nSPS) is 22.9. The number of rotatable bonds is 3. The van der Waals surface area contributed by atoms with Gasteiger partial charge in [-0.1, -0.05) is 30.3 Å². The van der Waals surface area contributed by atoms with Crippen LogP contribution in [0.25, 0.3) is 0 Å². The van der Waals surface area contributed by atoms with E-state index in [1.54, 1.807) is 0 Å². The molecule has 1 aliphatic rings. The van der Waals surface area contributed by atoms with Crippen molar-refractivity contribution in [3.63, 3.8) is 0 Å². The average molecular weight is 207 g/mol. The average Bonchev–Trinajstić information content (AvgIpc) is 2.31. The molecule has 0 aromatic heterocycles. The van der Waals surface area contributed by atoms with Crippen LogP contribution in [0.3, 0.4) is 0 Å². The fraction of sp³-hybridized carbons (Fsp3) is 0.500. The van der Waals surface area contributed by atoms with Crippen molar-refractivity contribution in [2.24, 2.45) is 5.92 Å². The summed E-state index contributed by atoms with van der Waals surface area (Å²) >= 11 is 0. The molecule has 3 heteroatoms. The third-order valence-corrected chi connectivity index (χ3v) is 2.65. The van der Waals surface area contributed by atoms with Crippen molar-refractivity contribution < 1.29 is 9.84 Å². The summed E-state index contributed by atoms with van der Waals surface area (Å²) in [7, 11) is 0. The Hall–Kier alpha value is -0.900. The molecule has 3 nitrogen and oxygen atoms in total. The summed E-state index contributed by atoms with van der Waals surface area (Å²) in [6.45, 7) is 3.39. The third kappa shape index (κ3) is 3.02. The Labute approximate surface area is 90.3 Å². The van der Waals surface area contributed by atoms with E-state index in [4.69, 9.17) is 9.84 Å². The SMILES string of the molecule is OCC1COCN(Cc2ccccc2)C1. The van der Waals surface area contributed by atoms with Crippen molar-refractivity contribution in [3.05, 3.63) is 35.9 Å². The molecule has 1 saturated heterocycles. The Morgan fingerprint density at radius 2 is 2.13 bits per heavy atom. The summed E-state index contributed by atoms with van der Waals surface area (Å²) in [5.41, 5.74) is 1.29. The van der Waals surface area contributed by atoms with E-state index in [0.29, 0.717) is 13.3 Å². The van der Waals surface area contributed by atoms with Crippen LogP contribution in [0.2, 0.25) is 0 Å². The van der Waals surface area contributed by atoms with Gasteiger partial charge in [0.25, 0.3) is 0 Å². The fourth-order valence-corrected chi connectivity index (χ4v) is 1.88. The lowest BCUT2D eigenvalue weighted by Crippen LogP contribution is -2.40. The third-order valence-electron chi connectivity index (χ3n) is 2.65. The molecule has 0 aliphatic carbocycles. The van der Waals surface area contributed by atoms with Crippen LogP contribution in [0.4, 0.5) is 0 Å². The van der Waals surface area contributed by atoms with E-state index in [0.717, 1.165) is 13.1 Å². The molecular weight excluding hydrogens is 190 g/mol. The number of benzene rings is 1. The second-order valence-electron chi connectivity index (χ2n) is 4.05. The summed E-state index contributed by atoms with van der Waals surface area (Å²) in [4.78, 5) is 2.22. The summed E-state index contributed by atoms with van der Waals surface area (Å²) < 4.78 is 5.42. The highest BCUT2D eigenvalue weighted by molar-refractivity contribution is 5.14. The molecule has 0 spiro atoms. The van der Waals surface area contributed by atoms with Gasteiger partial charge in [0.15, 0.2) is 0 Å². The van der Waals surface area contributed by atoms with Crippen LogP contribution in [-0.2, 0) is 11.3 Å². The molecule has 1 aromatic rings. The number of hydrogen-bond acceptors (Lipinski definition) is 3. The molecule has 1 atom stereocenters. The van der Waals surface area contributed by atoms with Crippen molar-refractivity contribution in [1.29, 1.82) is 0 Å². The molecule has 2 rings (SSSR count). The molecule has 15 heavy (non-hydrogen) atoms. The monoisotopic (exact) mass is 207 g/mol. The van der Waals surface area contributed by atoms with E-state index in [1.165, 1.54) is 5.56 Å². The Kier molecular flexibility index (Phi) is 3.72. The van der Waals surface area contributed by atoms with Crippen molar-refractivity contribution in [2.75, 3.05) is 26.5 Å². The maximum Gasteiger partial charge on any atom is 0.0993 e. The zero-order chi connectivity index (χ0) is 10.5. The number of aliphatic hydroxyl groups excluding tert-OH is 1. The van der Waals surface area contributed by atoms with Gasteiger partial charge in [-0.15, -0.1) is 0 Å². The Morgan fingerprint density at radius 1 is 1.33 bits per heavy atom. The summed E-state index contributed by atoms with van der Waals surface area (Å²) in [5.74, 6) is 0.266. The largest absolute Gasteiger partial charge is 0.396 e. The Bertz CT molecular complexity index is 289. The lowest BCUT2D eigenvalue weighted by Gasteiger charge is -2.31. The molecule has 1 heterocycles. The zero-order valence-electron chi connectivity index (χ0n) is 8.80. The van der Waals surface area contributed by atoms with Gasteiger partial charge in [-0.05, 0) is 5.56 Å². The van der Waals surface area contributed by atoms with Gasteiger partial charge in [-0.2, -0.15) is 0 Å². The van der Waals surface area contributed by atoms with Crippen LogP contribution in [0.15, 0.2) is 30.3 Å². The molecule has 1 N–H and O–H groups in total. The molecule has 1 aliphatic heterocycles. The number of hydrogen-bond donors (Lipinski definition) is 1. The Morgan fingerprint density at radius 3 is 2.87 bits per heavy atom. The van der Waals surface area contributed by atoms with Crippen LogP contribution in [0.5, 0.6) is 0 Å².